The minimum atomic E-state index is -0.371. The van der Waals surface area contributed by atoms with Gasteiger partial charge in [-0.3, -0.25) is 0 Å². The van der Waals surface area contributed by atoms with Crippen molar-refractivity contribution < 1.29 is 4.42 Å². The number of aromatic nitrogens is 1. The molecule has 0 bridgehead atoms. The van der Waals surface area contributed by atoms with Crippen LogP contribution in [0.15, 0.2) is 50.1 Å². The lowest BCUT2D eigenvalue weighted by molar-refractivity contribution is 0.518. The lowest BCUT2D eigenvalue weighted by atomic mass is 10.1. The summed E-state index contributed by atoms with van der Waals surface area (Å²) in [7, 11) is 0. The molecule has 0 atom stereocenters. The van der Waals surface area contributed by atoms with Gasteiger partial charge in [-0.2, -0.15) is 0 Å². The van der Waals surface area contributed by atoms with E-state index in [1.165, 1.54) is 5.56 Å². The summed E-state index contributed by atoms with van der Waals surface area (Å²) < 4.78 is 6.17. The molecular formula is C16H12BrNO2. The molecule has 0 spiro atoms. The van der Waals surface area contributed by atoms with E-state index in [4.69, 9.17) is 4.42 Å². The van der Waals surface area contributed by atoms with Gasteiger partial charge in [0.15, 0.2) is 0 Å². The lowest BCUT2D eigenvalue weighted by Crippen LogP contribution is -2.03. The molecule has 0 fully saturated rings. The molecule has 0 aliphatic carbocycles. The minimum Gasteiger partial charge on any atom is -0.403 e. The monoisotopic (exact) mass is 329 g/mol. The molecule has 20 heavy (non-hydrogen) atoms. The first-order chi connectivity index (χ1) is 9.54. The van der Waals surface area contributed by atoms with E-state index in [9.17, 15) is 4.79 Å². The van der Waals surface area contributed by atoms with E-state index in [0.29, 0.717) is 16.8 Å². The summed E-state index contributed by atoms with van der Waals surface area (Å²) >= 11 is 3.34. The Labute approximate surface area is 124 Å². The van der Waals surface area contributed by atoms with Gasteiger partial charge in [0, 0.05) is 10.0 Å². The second-order valence-electron chi connectivity index (χ2n) is 4.77. The van der Waals surface area contributed by atoms with Crippen LogP contribution in [0.25, 0.3) is 22.4 Å². The zero-order valence-electron chi connectivity index (χ0n) is 11.1. The van der Waals surface area contributed by atoms with Crippen LogP contribution in [0.3, 0.4) is 0 Å². The molecule has 0 N–H and O–H groups in total. The Balaban J connectivity index is 2.24. The SMILES string of the molecule is Cc1ccc(-c2nc3ccc(Br)cc3c(=O)o2)cc1C. The third-order valence-corrected chi connectivity index (χ3v) is 3.84. The van der Waals surface area contributed by atoms with Crippen LogP contribution in [-0.2, 0) is 0 Å². The van der Waals surface area contributed by atoms with Crippen molar-refractivity contribution in [3.05, 3.63) is 62.4 Å². The number of benzene rings is 2. The summed E-state index contributed by atoms with van der Waals surface area (Å²) in [6.07, 6.45) is 0. The molecule has 3 rings (SSSR count). The topological polar surface area (TPSA) is 43.1 Å². The molecule has 100 valence electrons. The average Bonchev–Trinajstić information content (AvgIpc) is 2.42. The fourth-order valence-corrected chi connectivity index (χ4v) is 2.40. The minimum absolute atomic E-state index is 0.355. The number of hydrogen-bond acceptors (Lipinski definition) is 3. The number of halogens is 1. The Hall–Kier alpha value is -1.94. The highest BCUT2D eigenvalue weighted by molar-refractivity contribution is 9.10. The van der Waals surface area contributed by atoms with Crippen molar-refractivity contribution in [2.24, 2.45) is 0 Å². The average molecular weight is 330 g/mol. The van der Waals surface area contributed by atoms with E-state index >= 15 is 0 Å². The van der Waals surface area contributed by atoms with Gasteiger partial charge < -0.3 is 4.42 Å². The first-order valence-corrected chi connectivity index (χ1v) is 7.02. The van der Waals surface area contributed by atoms with Gasteiger partial charge in [-0.25, -0.2) is 9.78 Å². The zero-order chi connectivity index (χ0) is 14.3. The van der Waals surface area contributed by atoms with Crippen LogP contribution in [0, 0.1) is 13.8 Å². The molecule has 4 heteroatoms. The van der Waals surface area contributed by atoms with Gasteiger partial charge in [-0.05, 0) is 55.3 Å². The number of fused-ring (bicyclic) bond motifs is 1. The summed E-state index contributed by atoms with van der Waals surface area (Å²) in [5.74, 6) is 0.355. The quantitative estimate of drug-likeness (QED) is 0.670. The van der Waals surface area contributed by atoms with Gasteiger partial charge in [-0.15, -0.1) is 0 Å². The Bertz CT molecular complexity index is 868. The largest absolute Gasteiger partial charge is 0.403 e. The third kappa shape index (κ3) is 2.27. The molecule has 3 aromatic rings. The van der Waals surface area contributed by atoms with Crippen LogP contribution in [0.5, 0.6) is 0 Å². The highest BCUT2D eigenvalue weighted by Crippen LogP contribution is 2.22. The summed E-state index contributed by atoms with van der Waals surface area (Å²) in [5, 5.41) is 0.479. The fraction of sp³-hybridized carbons (Fsp3) is 0.125. The Morgan fingerprint density at radius 2 is 1.85 bits per heavy atom. The normalized spacial score (nSPS) is 10.9. The van der Waals surface area contributed by atoms with Gasteiger partial charge in [0.05, 0.1) is 10.9 Å². The van der Waals surface area contributed by atoms with Crippen molar-refractivity contribution in [2.75, 3.05) is 0 Å². The molecule has 0 saturated heterocycles. The van der Waals surface area contributed by atoms with Crippen LogP contribution in [-0.4, -0.2) is 4.98 Å². The smallest absolute Gasteiger partial charge is 0.347 e. The number of rotatable bonds is 1. The molecule has 0 saturated carbocycles. The van der Waals surface area contributed by atoms with Crippen molar-refractivity contribution in [1.29, 1.82) is 0 Å². The first-order valence-electron chi connectivity index (χ1n) is 6.22. The van der Waals surface area contributed by atoms with E-state index in [2.05, 4.69) is 20.9 Å². The van der Waals surface area contributed by atoms with Crippen LogP contribution >= 0.6 is 15.9 Å². The molecule has 1 aromatic heterocycles. The predicted octanol–water partition coefficient (Wildman–Crippen LogP) is 4.23. The molecule has 3 nitrogen and oxygen atoms in total. The molecule has 0 aliphatic heterocycles. The molecule has 0 radical (unpaired) electrons. The van der Waals surface area contributed by atoms with Gasteiger partial charge in [0.1, 0.15) is 0 Å². The summed E-state index contributed by atoms with van der Waals surface area (Å²) in [6.45, 7) is 4.07. The van der Waals surface area contributed by atoms with Crippen LogP contribution in [0.1, 0.15) is 11.1 Å². The number of hydrogen-bond donors (Lipinski definition) is 0. The Morgan fingerprint density at radius 1 is 1.05 bits per heavy atom. The highest BCUT2D eigenvalue weighted by atomic mass is 79.9. The van der Waals surface area contributed by atoms with E-state index < -0.39 is 0 Å². The van der Waals surface area contributed by atoms with Crippen LogP contribution in [0.4, 0.5) is 0 Å². The molecule has 0 amide bonds. The second-order valence-corrected chi connectivity index (χ2v) is 5.68. The standard InChI is InChI=1S/C16H12BrNO2/c1-9-3-4-11(7-10(9)2)15-18-14-6-5-12(17)8-13(14)16(19)20-15/h3-8H,1-2H3. The summed E-state index contributed by atoms with van der Waals surface area (Å²) in [6, 6.07) is 11.3. The maximum Gasteiger partial charge on any atom is 0.347 e. The maximum atomic E-state index is 12.0. The molecular weight excluding hydrogens is 318 g/mol. The summed E-state index contributed by atoms with van der Waals surface area (Å²) in [5.41, 5.74) is 3.42. The zero-order valence-corrected chi connectivity index (χ0v) is 12.7. The Kier molecular flexibility index (Phi) is 3.18. The van der Waals surface area contributed by atoms with Crippen molar-refractivity contribution in [2.45, 2.75) is 13.8 Å². The van der Waals surface area contributed by atoms with E-state index in [-0.39, 0.29) is 5.63 Å². The Morgan fingerprint density at radius 3 is 2.60 bits per heavy atom. The van der Waals surface area contributed by atoms with Gasteiger partial charge in [0.2, 0.25) is 5.89 Å². The lowest BCUT2D eigenvalue weighted by Gasteiger charge is -2.05. The second kappa shape index (κ2) is 4.87. The van der Waals surface area contributed by atoms with Crippen molar-refractivity contribution in [3.63, 3.8) is 0 Å². The number of nitrogens with zero attached hydrogens (tertiary/aromatic N) is 1. The van der Waals surface area contributed by atoms with E-state index in [0.717, 1.165) is 15.6 Å². The third-order valence-electron chi connectivity index (χ3n) is 3.34. The predicted molar refractivity (Wildman–Crippen MR) is 82.9 cm³/mol. The highest BCUT2D eigenvalue weighted by Gasteiger charge is 2.09. The van der Waals surface area contributed by atoms with E-state index in [1.54, 1.807) is 12.1 Å². The van der Waals surface area contributed by atoms with Crippen LogP contribution in [0.2, 0.25) is 0 Å². The number of aryl methyl sites for hydroxylation is 2. The van der Waals surface area contributed by atoms with Crippen molar-refractivity contribution >= 4 is 26.8 Å². The summed E-state index contributed by atoms with van der Waals surface area (Å²) in [4.78, 5) is 16.5. The van der Waals surface area contributed by atoms with Gasteiger partial charge in [-0.1, -0.05) is 22.0 Å². The maximum absolute atomic E-state index is 12.0. The molecule has 0 unspecified atom stereocenters. The van der Waals surface area contributed by atoms with Crippen molar-refractivity contribution in [1.82, 2.24) is 4.98 Å². The van der Waals surface area contributed by atoms with Gasteiger partial charge >= 0.3 is 5.63 Å². The van der Waals surface area contributed by atoms with Gasteiger partial charge in [0.25, 0.3) is 0 Å². The molecule has 2 aromatic carbocycles. The van der Waals surface area contributed by atoms with Crippen LogP contribution < -0.4 is 5.63 Å². The molecule has 0 aliphatic rings. The van der Waals surface area contributed by atoms with Crippen molar-refractivity contribution in [3.8, 4) is 11.5 Å². The van der Waals surface area contributed by atoms with E-state index in [1.807, 2.05) is 38.1 Å². The first kappa shape index (κ1) is 13.1. The fourth-order valence-electron chi connectivity index (χ4n) is 2.04. The molecule has 1 heterocycles.